The second kappa shape index (κ2) is 8.12. The van der Waals surface area contributed by atoms with Gasteiger partial charge in [0, 0.05) is 31.1 Å². The highest BCUT2D eigenvalue weighted by Gasteiger charge is 2.48. The van der Waals surface area contributed by atoms with Crippen molar-refractivity contribution >= 4 is 11.7 Å². The first kappa shape index (κ1) is 22.7. The van der Waals surface area contributed by atoms with E-state index < -0.39 is 12.2 Å². The molecule has 4 rings (SSSR count). The van der Waals surface area contributed by atoms with E-state index in [1.807, 2.05) is 52.0 Å². The minimum absolute atomic E-state index is 0.0427. The number of carbonyl (C=O) groups excluding carboxylic acids is 1. The lowest BCUT2D eigenvalue weighted by molar-refractivity contribution is -0.175. The molecule has 2 aromatic rings. The van der Waals surface area contributed by atoms with Gasteiger partial charge < -0.3 is 10.2 Å². The van der Waals surface area contributed by atoms with Crippen LogP contribution in [0.4, 0.5) is 19.0 Å². The van der Waals surface area contributed by atoms with Crippen molar-refractivity contribution < 1.29 is 18.0 Å². The third-order valence-corrected chi connectivity index (χ3v) is 6.65. The van der Waals surface area contributed by atoms with Crippen LogP contribution in [0.1, 0.15) is 62.4 Å². The number of nitrogens with one attached hydrogen (secondary N) is 1. The monoisotopic (exact) mass is 448 g/mol. The highest BCUT2D eigenvalue weighted by molar-refractivity contribution is 5.79. The van der Waals surface area contributed by atoms with E-state index >= 15 is 0 Å². The van der Waals surface area contributed by atoms with Crippen molar-refractivity contribution in [3.8, 4) is 0 Å². The fourth-order valence-corrected chi connectivity index (χ4v) is 4.70. The van der Waals surface area contributed by atoms with Crippen LogP contribution in [0.5, 0.6) is 0 Å². The smallest absolute Gasteiger partial charge is 0.367 e. The van der Waals surface area contributed by atoms with E-state index in [2.05, 4.69) is 10.4 Å². The molecule has 2 aliphatic heterocycles. The van der Waals surface area contributed by atoms with Gasteiger partial charge in [0.15, 0.2) is 6.04 Å². The van der Waals surface area contributed by atoms with Gasteiger partial charge in [-0.25, -0.2) is 4.68 Å². The van der Waals surface area contributed by atoms with Gasteiger partial charge in [0.2, 0.25) is 5.91 Å². The molecule has 1 aromatic carbocycles. The first-order valence-electron chi connectivity index (χ1n) is 11.2. The number of hydrogen-bond acceptors (Lipinski definition) is 3. The molecular formula is C24H31F3N4O. The van der Waals surface area contributed by atoms with Gasteiger partial charge >= 0.3 is 6.18 Å². The first-order chi connectivity index (χ1) is 14.9. The summed E-state index contributed by atoms with van der Waals surface area (Å²) in [4.78, 5) is 14.6. The third-order valence-electron chi connectivity index (χ3n) is 6.65. The van der Waals surface area contributed by atoms with Gasteiger partial charge in [-0.2, -0.15) is 18.3 Å². The number of anilines is 1. The van der Waals surface area contributed by atoms with Crippen molar-refractivity contribution in [2.24, 2.45) is 5.41 Å². The Kier molecular flexibility index (Phi) is 5.75. The molecule has 3 heterocycles. The summed E-state index contributed by atoms with van der Waals surface area (Å²) in [6.07, 6.45) is -3.38. The largest absolute Gasteiger partial charge is 0.410 e. The highest BCUT2D eigenvalue weighted by Crippen LogP contribution is 2.44. The summed E-state index contributed by atoms with van der Waals surface area (Å²) < 4.78 is 42.6. The number of aryl methyl sites for hydroxylation is 1. The fourth-order valence-electron chi connectivity index (χ4n) is 4.70. The molecule has 3 atom stereocenters. The van der Waals surface area contributed by atoms with Crippen molar-refractivity contribution in [1.29, 1.82) is 0 Å². The second-order valence-electron chi connectivity index (χ2n) is 10.2. The quantitative estimate of drug-likeness (QED) is 0.712. The van der Waals surface area contributed by atoms with Crippen molar-refractivity contribution in [2.75, 3.05) is 18.4 Å². The number of carbonyl (C=O) groups is 1. The number of rotatable bonds is 3. The minimum Gasteiger partial charge on any atom is -0.367 e. The first-order valence-corrected chi connectivity index (χ1v) is 11.2. The van der Waals surface area contributed by atoms with E-state index in [1.165, 1.54) is 0 Å². The lowest BCUT2D eigenvalue weighted by Crippen LogP contribution is -2.44. The molecule has 32 heavy (non-hydrogen) atoms. The van der Waals surface area contributed by atoms with Gasteiger partial charge in [0.05, 0.1) is 12.1 Å². The molecule has 1 aromatic heterocycles. The van der Waals surface area contributed by atoms with Gasteiger partial charge in [0.1, 0.15) is 5.82 Å². The normalized spacial score (nSPS) is 23.7. The van der Waals surface area contributed by atoms with E-state index in [1.54, 1.807) is 11.0 Å². The molecule has 1 N–H and O–H groups in total. The molecule has 0 unspecified atom stereocenters. The zero-order chi connectivity index (χ0) is 23.3. The van der Waals surface area contributed by atoms with Crippen LogP contribution in [-0.2, 0) is 11.2 Å². The number of halogens is 3. The summed E-state index contributed by atoms with van der Waals surface area (Å²) in [5.41, 5.74) is 2.40. The van der Waals surface area contributed by atoms with Gasteiger partial charge in [-0.05, 0) is 30.7 Å². The van der Waals surface area contributed by atoms with Crippen LogP contribution in [-0.4, -0.2) is 45.9 Å². The van der Waals surface area contributed by atoms with E-state index in [9.17, 15) is 18.0 Å². The summed E-state index contributed by atoms with van der Waals surface area (Å²) in [6, 6.07) is 7.68. The zero-order valence-electron chi connectivity index (χ0n) is 19.0. The fraction of sp³-hybridized carbons (Fsp3) is 0.583. The SMILES string of the molecule is Cc1cccc(CC(=O)N2CC[C@@H](c3cc4n(n3)[C@@H](C(F)(F)F)C[C@H](C(C)(C)C)N4)C2)c1. The molecule has 0 bridgehead atoms. The molecule has 0 radical (unpaired) electrons. The maximum absolute atomic E-state index is 13.8. The topological polar surface area (TPSA) is 50.2 Å². The van der Waals surface area contributed by atoms with Crippen LogP contribution in [0.25, 0.3) is 0 Å². The number of amides is 1. The average molecular weight is 449 g/mol. The minimum atomic E-state index is -4.37. The van der Waals surface area contributed by atoms with Gasteiger partial charge in [0.25, 0.3) is 0 Å². The van der Waals surface area contributed by atoms with E-state index in [-0.39, 0.29) is 29.7 Å². The number of fused-ring (bicyclic) bond motifs is 1. The standard InChI is InChI=1S/C24H31F3N4O/c1-15-6-5-7-16(10-15)11-22(32)30-9-8-17(14-30)18-12-21-28-19(23(2,3)4)13-20(24(25,26)27)31(21)29-18/h5-7,10,12,17,19-20,28H,8-9,11,13-14H2,1-4H3/t17-,19-,20-/m1/s1. The second-order valence-corrected chi connectivity index (χ2v) is 10.2. The van der Waals surface area contributed by atoms with Crippen LogP contribution in [0.2, 0.25) is 0 Å². The van der Waals surface area contributed by atoms with Crippen molar-refractivity contribution in [1.82, 2.24) is 14.7 Å². The maximum Gasteiger partial charge on any atom is 0.410 e. The Morgan fingerprint density at radius 1 is 1.22 bits per heavy atom. The van der Waals surface area contributed by atoms with Crippen LogP contribution in [0, 0.1) is 12.3 Å². The Hall–Kier alpha value is -2.51. The Morgan fingerprint density at radius 2 is 1.97 bits per heavy atom. The van der Waals surface area contributed by atoms with E-state index in [4.69, 9.17) is 0 Å². The molecule has 2 aliphatic rings. The molecule has 1 saturated heterocycles. The van der Waals surface area contributed by atoms with Crippen molar-refractivity contribution in [3.63, 3.8) is 0 Å². The molecular weight excluding hydrogens is 417 g/mol. The summed E-state index contributed by atoms with van der Waals surface area (Å²) in [7, 11) is 0. The maximum atomic E-state index is 13.8. The van der Waals surface area contributed by atoms with Gasteiger partial charge in [-0.15, -0.1) is 0 Å². The van der Waals surface area contributed by atoms with Crippen LogP contribution >= 0.6 is 0 Å². The number of aromatic nitrogens is 2. The Morgan fingerprint density at radius 3 is 2.62 bits per heavy atom. The van der Waals surface area contributed by atoms with Crippen LogP contribution in [0.15, 0.2) is 30.3 Å². The van der Waals surface area contributed by atoms with Crippen molar-refractivity contribution in [3.05, 3.63) is 47.2 Å². The van der Waals surface area contributed by atoms with Crippen molar-refractivity contribution in [2.45, 2.75) is 71.1 Å². The highest BCUT2D eigenvalue weighted by atomic mass is 19.4. The lowest BCUT2D eigenvalue weighted by atomic mass is 9.82. The Balaban J connectivity index is 1.50. The predicted molar refractivity (Wildman–Crippen MR) is 118 cm³/mol. The molecule has 5 nitrogen and oxygen atoms in total. The van der Waals surface area contributed by atoms with E-state index in [0.29, 0.717) is 37.4 Å². The molecule has 1 fully saturated rings. The molecule has 1 amide bonds. The summed E-state index contributed by atoms with van der Waals surface area (Å²) in [6.45, 7) is 8.91. The molecule has 0 spiro atoms. The van der Waals surface area contributed by atoms with Crippen LogP contribution < -0.4 is 5.32 Å². The lowest BCUT2D eigenvalue weighted by Gasteiger charge is -2.39. The van der Waals surface area contributed by atoms with Gasteiger partial charge in [-0.3, -0.25) is 4.79 Å². The summed E-state index contributed by atoms with van der Waals surface area (Å²) >= 11 is 0. The number of hydrogen-bond donors (Lipinski definition) is 1. The zero-order valence-corrected chi connectivity index (χ0v) is 19.0. The summed E-state index contributed by atoms with van der Waals surface area (Å²) in [5.74, 6) is 0.400. The Bertz CT molecular complexity index is 992. The summed E-state index contributed by atoms with van der Waals surface area (Å²) in [5, 5.41) is 7.66. The molecule has 0 aliphatic carbocycles. The molecule has 8 heteroatoms. The van der Waals surface area contributed by atoms with E-state index in [0.717, 1.165) is 15.8 Å². The number of likely N-dealkylation sites (tertiary alicyclic amines) is 1. The third kappa shape index (κ3) is 4.64. The molecule has 0 saturated carbocycles. The Labute approximate surface area is 187 Å². The molecule has 174 valence electrons. The predicted octanol–water partition coefficient (Wildman–Crippen LogP) is 5.08. The number of benzene rings is 1. The number of alkyl halides is 3. The van der Waals surface area contributed by atoms with Crippen LogP contribution in [0.3, 0.4) is 0 Å². The number of nitrogens with zero attached hydrogens (tertiary/aromatic N) is 3. The average Bonchev–Trinajstić information content (AvgIpc) is 3.32. The van der Waals surface area contributed by atoms with Gasteiger partial charge in [-0.1, -0.05) is 50.6 Å².